The lowest BCUT2D eigenvalue weighted by Gasteiger charge is -2.60. The Kier molecular flexibility index (Phi) is 8.44. The maximum absolute atomic E-state index is 11.7. The van der Waals surface area contributed by atoms with Crippen LogP contribution in [0.2, 0.25) is 0 Å². The van der Waals surface area contributed by atoms with Crippen LogP contribution in [0.1, 0.15) is 65.7 Å². The van der Waals surface area contributed by atoms with Crippen molar-refractivity contribution < 1.29 is 50.0 Å². The summed E-state index contributed by atoms with van der Waals surface area (Å²) in [5.41, 5.74) is 2.44. The van der Waals surface area contributed by atoms with E-state index in [4.69, 9.17) is 14.2 Å². The van der Waals surface area contributed by atoms with Gasteiger partial charge in [0.25, 0.3) is 0 Å². The number of rotatable bonds is 7. The molecule has 0 aromatic heterocycles. The lowest BCUT2D eigenvalue weighted by atomic mass is 9.45. The summed E-state index contributed by atoms with van der Waals surface area (Å²) in [4.78, 5) is 0. The van der Waals surface area contributed by atoms with Crippen molar-refractivity contribution in [2.75, 3.05) is 13.2 Å². The highest BCUT2D eigenvalue weighted by Crippen LogP contribution is 2.69. The first-order valence-electron chi connectivity index (χ1n) is 16.0. The van der Waals surface area contributed by atoms with Gasteiger partial charge in [0.15, 0.2) is 6.29 Å². The van der Waals surface area contributed by atoms with Crippen LogP contribution in [-0.2, 0) is 14.2 Å². The number of hydrogen-bond donors (Lipinski definition) is 7. The molecule has 15 atom stereocenters. The van der Waals surface area contributed by atoms with E-state index in [1.807, 2.05) is 0 Å². The largest absolute Gasteiger partial charge is 0.494 e. The van der Waals surface area contributed by atoms with Crippen LogP contribution in [0.25, 0.3) is 0 Å². The van der Waals surface area contributed by atoms with Gasteiger partial charge in [-0.3, -0.25) is 0 Å². The lowest BCUT2D eigenvalue weighted by Crippen LogP contribution is -2.60. The summed E-state index contributed by atoms with van der Waals surface area (Å²) in [5, 5.41) is 72.9. The van der Waals surface area contributed by atoms with Crippen molar-refractivity contribution >= 4 is 0 Å². The van der Waals surface area contributed by atoms with E-state index >= 15 is 0 Å². The van der Waals surface area contributed by atoms with Gasteiger partial charge in [-0.2, -0.15) is 0 Å². The molecule has 10 heteroatoms. The van der Waals surface area contributed by atoms with Crippen molar-refractivity contribution in [1.82, 2.24) is 0 Å². The third kappa shape index (κ3) is 4.96. The van der Waals surface area contributed by atoms with E-state index in [9.17, 15) is 35.7 Å². The summed E-state index contributed by atoms with van der Waals surface area (Å²) in [7, 11) is 0. The maximum Gasteiger partial charge on any atom is 0.187 e. The quantitative estimate of drug-likeness (QED) is 0.210. The van der Waals surface area contributed by atoms with Crippen LogP contribution in [0.4, 0.5) is 0 Å². The minimum Gasteiger partial charge on any atom is -0.494 e. The Balaban J connectivity index is 1.10. The molecule has 0 aromatic carbocycles. The molecule has 0 spiro atoms. The van der Waals surface area contributed by atoms with E-state index in [1.165, 1.54) is 5.57 Å². The van der Waals surface area contributed by atoms with Gasteiger partial charge in [-0.25, -0.2) is 0 Å². The third-order valence-corrected chi connectivity index (χ3v) is 12.3. The average Bonchev–Trinajstić information content (AvgIpc) is 3.43. The monoisotopic (exact) mass is 606 g/mol. The molecule has 7 N–H and O–H groups in total. The minimum absolute atomic E-state index is 0.0392. The van der Waals surface area contributed by atoms with Gasteiger partial charge in [-0.05, 0) is 67.8 Å². The Morgan fingerprint density at radius 3 is 2.53 bits per heavy atom. The van der Waals surface area contributed by atoms with Gasteiger partial charge in [0, 0.05) is 24.2 Å². The molecule has 0 aromatic rings. The molecule has 4 aliphatic carbocycles. The van der Waals surface area contributed by atoms with Gasteiger partial charge in [0.2, 0.25) is 0 Å². The van der Waals surface area contributed by atoms with E-state index in [0.29, 0.717) is 38.0 Å². The van der Waals surface area contributed by atoms with Crippen LogP contribution < -0.4 is 0 Å². The number of hydrogen-bond acceptors (Lipinski definition) is 10. The molecule has 0 radical (unpaired) electrons. The fourth-order valence-corrected chi connectivity index (χ4v) is 10.2. The molecule has 6 aliphatic rings. The molecule has 1 saturated heterocycles. The molecule has 0 amide bonds. The fraction of sp³-hybridized carbons (Fsp3) is 0.818. The second-order valence-electron chi connectivity index (χ2n) is 14.7. The highest BCUT2D eigenvalue weighted by Gasteiger charge is 2.67. The highest BCUT2D eigenvalue weighted by atomic mass is 16.7. The lowest BCUT2D eigenvalue weighted by molar-refractivity contribution is -0.299. The van der Waals surface area contributed by atoms with Gasteiger partial charge in [-0.15, -0.1) is 0 Å². The summed E-state index contributed by atoms with van der Waals surface area (Å²) >= 11 is 0. The average molecular weight is 607 g/mol. The van der Waals surface area contributed by atoms with Crippen molar-refractivity contribution in [2.24, 2.45) is 34.5 Å². The number of allylic oxidation sites excluding steroid dienone is 2. The summed E-state index contributed by atoms with van der Waals surface area (Å²) < 4.78 is 17.7. The number of fused-ring (bicyclic) bond motifs is 7. The molecule has 2 heterocycles. The van der Waals surface area contributed by atoms with Gasteiger partial charge in [0.05, 0.1) is 37.3 Å². The second kappa shape index (κ2) is 11.5. The van der Waals surface area contributed by atoms with E-state index in [2.05, 4.69) is 33.4 Å². The molecule has 10 nitrogen and oxygen atoms in total. The van der Waals surface area contributed by atoms with E-state index in [0.717, 1.165) is 29.7 Å². The summed E-state index contributed by atoms with van der Waals surface area (Å²) in [6, 6.07) is 0. The zero-order valence-electron chi connectivity index (χ0n) is 25.5. The van der Waals surface area contributed by atoms with Crippen LogP contribution in [0.15, 0.2) is 35.1 Å². The highest BCUT2D eigenvalue weighted by molar-refractivity contribution is 5.32. The van der Waals surface area contributed by atoms with Crippen LogP contribution in [0.5, 0.6) is 0 Å². The normalized spacial score (nSPS) is 50.7. The Hall–Kier alpha value is -1.34. The van der Waals surface area contributed by atoms with Gasteiger partial charge in [0.1, 0.15) is 30.5 Å². The molecule has 6 rings (SSSR count). The molecule has 2 aliphatic heterocycles. The van der Waals surface area contributed by atoms with Crippen LogP contribution in [-0.4, -0.2) is 104 Å². The molecule has 4 fully saturated rings. The molecule has 43 heavy (non-hydrogen) atoms. The zero-order valence-corrected chi connectivity index (χ0v) is 25.5. The van der Waals surface area contributed by atoms with Gasteiger partial charge in [-0.1, -0.05) is 37.6 Å². The Morgan fingerprint density at radius 1 is 1.07 bits per heavy atom. The number of aliphatic hydroxyl groups is 7. The van der Waals surface area contributed by atoms with Gasteiger partial charge >= 0.3 is 0 Å². The van der Waals surface area contributed by atoms with Crippen molar-refractivity contribution in [3.05, 3.63) is 35.1 Å². The SMILES string of the molecule is C=C(CCC1=C(C)[C@H]2[C@H](C[C@H]3[C@@H]4CC=C5C[C@@H](O)C[C@@H](O)[C@]5(C)[C@H]4[C@H](O)C[C@@]32C)O1)CO[C@@H]1O[C@H](CO)[C@H](O)[C@H](O)[C@H]1O. The molecule has 0 bridgehead atoms. The molecule has 3 saturated carbocycles. The molecule has 242 valence electrons. The van der Waals surface area contributed by atoms with Crippen molar-refractivity contribution in [3.8, 4) is 0 Å². The summed E-state index contributed by atoms with van der Waals surface area (Å²) in [5.74, 6) is 1.73. The molecule has 0 unspecified atom stereocenters. The van der Waals surface area contributed by atoms with Crippen molar-refractivity contribution in [2.45, 2.75) is 121 Å². The first-order chi connectivity index (χ1) is 20.3. The second-order valence-corrected chi connectivity index (χ2v) is 14.7. The van der Waals surface area contributed by atoms with E-state index in [-0.39, 0.29) is 35.9 Å². The van der Waals surface area contributed by atoms with Crippen LogP contribution in [0.3, 0.4) is 0 Å². The van der Waals surface area contributed by atoms with E-state index in [1.54, 1.807) is 0 Å². The predicted molar refractivity (Wildman–Crippen MR) is 155 cm³/mol. The van der Waals surface area contributed by atoms with Crippen LogP contribution in [0, 0.1) is 34.5 Å². The smallest absolute Gasteiger partial charge is 0.187 e. The fourth-order valence-electron chi connectivity index (χ4n) is 10.2. The number of aliphatic hydroxyl groups excluding tert-OH is 7. The Labute approximate surface area is 253 Å². The van der Waals surface area contributed by atoms with Gasteiger partial charge < -0.3 is 50.0 Å². The molecular weight excluding hydrogens is 556 g/mol. The first-order valence-corrected chi connectivity index (χ1v) is 16.0. The van der Waals surface area contributed by atoms with E-state index < -0.39 is 61.0 Å². The predicted octanol–water partition coefficient (Wildman–Crippen LogP) is 1.30. The topological polar surface area (TPSA) is 169 Å². The van der Waals surface area contributed by atoms with Crippen molar-refractivity contribution in [1.29, 1.82) is 0 Å². The number of ether oxygens (including phenoxy) is 3. The third-order valence-electron chi connectivity index (χ3n) is 12.3. The maximum atomic E-state index is 11.7. The zero-order chi connectivity index (χ0) is 31.0. The van der Waals surface area contributed by atoms with Crippen LogP contribution >= 0.6 is 0 Å². The Morgan fingerprint density at radius 2 is 1.81 bits per heavy atom. The first kappa shape index (κ1) is 31.6. The minimum atomic E-state index is -1.49. The van der Waals surface area contributed by atoms with Crippen molar-refractivity contribution in [3.63, 3.8) is 0 Å². The Bertz CT molecular complexity index is 1150. The summed E-state index contributed by atoms with van der Waals surface area (Å²) in [6.45, 7) is 10.2. The molecular formula is C33H50O10. The standard InChI is InChI=1S/C33H50O10/c1-15(14-41-31-30(40)29(39)28(38)24(13-34)43-31)5-8-22-16(2)26-23(42-22)11-20-19-7-6-17-9-18(35)10-25(37)33(17,4)27(19)21(36)12-32(20,26)3/h6,18-21,23-31,34-40H,1,5,7-14H2,2-4H3/t18-,19+,20+,21-,23+,24-,25-,26+,27-,28+,29+,30-,31-,32+,33-/m1/s1. The summed E-state index contributed by atoms with van der Waals surface area (Å²) in [6.07, 6.45) is -1.46.